The number of carbonyl (C=O) groups excluding carboxylic acids is 1. The third-order valence-corrected chi connectivity index (χ3v) is 5.54. The summed E-state index contributed by atoms with van der Waals surface area (Å²) in [5.41, 5.74) is 1.96. The Bertz CT molecular complexity index is 1180. The van der Waals surface area contributed by atoms with Gasteiger partial charge in [0.25, 0.3) is 5.56 Å². The third kappa shape index (κ3) is 3.88. The van der Waals surface area contributed by atoms with Crippen LogP contribution in [0.3, 0.4) is 0 Å². The predicted octanol–water partition coefficient (Wildman–Crippen LogP) is 4.40. The molecule has 140 valence electrons. The second-order valence-corrected chi connectivity index (χ2v) is 7.60. The zero-order valence-corrected chi connectivity index (χ0v) is 16.3. The number of Topliss-reactive ketones (excluding diaryl/α,β-unsaturated/α-hetero) is 1. The third-order valence-electron chi connectivity index (χ3n) is 4.31. The number of para-hydroxylation sites is 1. The summed E-state index contributed by atoms with van der Waals surface area (Å²) in [5.74, 6) is 0.141. The van der Waals surface area contributed by atoms with Crippen LogP contribution in [0.5, 0.6) is 0 Å². The SMILES string of the molecule is O=C(CSc1nc2ccccc2c(=O)n1Cc1ccc(Cl)cc1)c1ccc[nH]1. The molecule has 0 aliphatic rings. The van der Waals surface area contributed by atoms with Crippen LogP contribution < -0.4 is 5.56 Å². The minimum absolute atomic E-state index is 0.0459. The molecule has 0 unspecified atom stereocenters. The van der Waals surface area contributed by atoms with Crippen LogP contribution in [-0.2, 0) is 6.54 Å². The van der Waals surface area contributed by atoms with Gasteiger partial charge in [0.15, 0.2) is 10.9 Å². The molecule has 0 atom stereocenters. The van der Waals surface area contributed by atoms with Gasteiger partial charge in [-0.05, 0) is 42.0 Å². The van der Waals surface area contributed by atoms with Crippen LogP contribution in [0.1, 0.15) is 16.1 Å². The number of nitrogens with one attached hydrogen (secondary N) is 1. The highest BCUT2D eigenvalue weighted by Gasteiger charge is 2.15. The average Bonchev–Trinajstić information content (AvgIpc) is 3.25. The second kappa shape index (κ2) is 8.04. The number of thioether (sulfide) groups is 1. The largest absolute Gasteiger partial charge is 0.359 e. The molecule has 2 heterocycles. The standard InChI is InChI=1S/C21H16ClN3O2S/c22-15-9-7-14(8-10-15)12-25-20(27)16-4-1-2-5-17(16)24-21(25)28-13-19(26)18-6-3-11-23-18/h1-11,23H,12-13H2. The van der Waals surface area contributed by atoms with E-state index >= 15 is 0 Å². The fourth-order valence-corrected chi connectivity index (χ4v) is 3.89. The molecular weight excluding hydrogens is 394 g/mol. The van der Waals surface area contributed by atoms with Crippen molar-refractivity contribution >= 4 is 40.0 Å². The molecule has 4 rings (SSSR count). The van der Waals surface area contributed by atoms with Crippen molar-refractivity contribution < 1.29 is 4.79 Å². The maximum Gasteiger partial charge on any atom is 0.262 e. The van der Waals surface area contributed by atoms with E-state index < -0.39 is 0 Å². The summed E-state index contributed by atoms with van der Waals surface area (Å²) in [7, 11) is 0. The minimum atomic E-state index is -0.129. The van der Waals surface area contributed by atoms with Crippen molar-refractivity contribution in [3.05, 3.63) is 93.5 Å². The number of nitrogens with zero attached hydrogens (tertiary/aromatic N) is 2. The van der Waals surface area contributed by atoms with Crippen LogP contribution in [0.15, 0.2) is 76.8 Å². The van der Waals surface area contributed by atoms with E-state index in [0.29, 0.717) is 33.3 Å². The van der Waals surface area contributed by atoms with Crippen LogP contribution >= 0.6 is 23.4 Å². The number of carbonyl (C=O) groups is 1. The summed E-state index contributed by atoms with van der Waals surface area (Å²) in [6, 6.07) is 18.1. The number of fused-ring (bicyclic) bond motifs is 1. The summed E-state index contributed by atoms with van der Waals surface area (Å²) in [5, 5.41) is 1.70. The molecule has 7 heteroatoms. The number of rotatable bonds is 6. The first-order valence-corrected chi connectivity index (χ1v) is 10.0. The van der Waals surface area contributed by atoms with Gasteiger partial charge in [0.05, 0.1) is 28.9 Å². The van der Waals surface area contributed by atoms with E-state index in [9.17, 15) is 9.59 Å². The van der Waals surface area contributed by atoms with Crippen molar-refractivity contribution in [1.82, 2.24) is 14.5 Å². The van der Waals surface area contributed by atoms with Crippen LogP contribution in [0, 0.1) is 0 Å². The lowest BCUT2D eigenvalue weighted by molar-refractivity contribution is 0.101. The van der Waals surface area contributed by atoms with Crippen LogP contribution in [-0.4, -0.2) is 26.1 Å². The van der Waals surface area contributed by atoms with Gasteiger partial charge in [0.2, 0.25) is 0 Å². The molecule has 1 N–H and O–H groups in total. The van der Waals surface area contributed by atoms with Gasteiger partial charge in [-0.25, -0.2) is 4.98 Å². The minimum Gasteiger partial charge on any atom is -0.359 e. The molecule has 0 aliphatic carbocycles. The Kier molecular flexibility index (Phi) is 5.32. The maximum atomic E-state index is 13.1. The van der Waals surface area contributed by atoms with Crippen molar-refractivity contribution in [2.75, 3.05) is 5.75 Å². The molecule has 0 saturated carbocycles. The zero-order valence-electron chi connectivity index (χ0n) is 14.8. The highest BCUT2D eigenvalue weighted by atomic mass is 35.5. The molecule has 5 nitrogen and oxygen atoms in total. The second-order valence-electron chi connectivity index (χ2n) is 6.22. The van der Waals surface area contributed by atoms with Gasteiger partial charge >= 0.3 is 0 Å². The molecule has 2 aromatic carbocycles. The molecular formula is C21H16ClN3O2S. The smallest absolute Gasteiger partial charge is 0.262 e. The number of hydrogen-bond donors (Lipinski definition) is 1. The number of aromatic nitrogens is 3. The molecule has 4 aromatic rings. The molecule has 0 fully saturated rings. The van der Waals surface area contributed by atoms with E-state index in [1.807, 2.05) is 24.3 Å². The molecule has 0 spiro atoms. The number of halogens is 1. The Labute approximate surface area is 170 Å². The van der Waals surface area contributed by atoms with Gasteiger partial charge < -0.3 is 4.98 Å². The normalized spacial score (nSPS) is 11.0. The lowest BCUT2D eigenvalue weighted by Gasteiger charge is -2.13. The summed E-state index contributed by atoms with van der Waals surface area (Å²) in [4.78, 5) is 33.0. The Hall–Kier alpha value is -2.83. The fraction of sp³-hybridized carbons (Fsp3) is 0.0952. The first-order valence-electron chi connectivity index (χ1n) is 8.65. The summed E-state index contributed by atoms with van der Waals surface area (Å²) >= 11 is 7.22. The van der Waals surface area contributed by atoms with Gasteiger partial charge in [-0.3, -0.25) is 14.2 Å². The molecule has 0 amide bonds. The molecule has 0 radical (unpaired) electrons. The topological polar surface area (TPSA) is 67.8 Å². The van der Waals surface area contributed by atoms with E-state index in [2.05, 4.69) is 9.97 Å². The number of benzene rings is 2. The Morgan fingerprint density at radius 1 is 1.07 bits per heavy atom. The molecule has 0 saturated heterocycles. The first kappa shape index (κ1) is 18.5. The number of aromatic amines is 1. The van der Waals surface area contributed by atoms with Gasteiger partial charge in [0.1, 0.15) is 0 Å². The van der Waals surface area contributed by atoms with Gasteiger partial charge in [-0.1, -0.05) is 47.6 Å². The van der Waals surface area contributed by atoms with Crippen LogP contribution in [0.25, 0.3) is 10.9 Å². The average molecular weight is 410 g/mol. The highest BCUT2D eigenvalue weighted by Crippen LogP contribution is 2.20. The highest BCUT2D eigenvalue weighted by molar-refractivity contribution is 7.99. The van der Waals surface area contributed by atoms with Crippen molar-refractivity contribution in [2.45, 2.75) is 11.7 Å². The van der Waals surface area contributed by atoms with Crippen molar-refractivity contribution in [3.63, 3.8) is 0 Å². The first-order chi connectivity index (χ1) is 13.6. The van der Waals surface area contributed by atoms with Gasteiger partial charge in [-0.15, -0.1) is 0 Å². The van der Waals surface area contributed by atoms with E-state index in [-0.39, 0.29) is 17.1 Å². The fourth-order valence-electron chi connectivity index (χ4n) is 2.88. The summed E-state index contributed by atoms with van der Waals surface area (Å²) < 4.78 is 1.61. The predicted molar refractivity (Wildman–Crippen MR) is 112 cm³/mol. The molecule has 0 bridgehead atoms. The van der Waals surface area contributed by atoms with Gasteiger partial charge in [-0.2, -0.15) is 0 Å². The van der Waals surface area contributed by atoms with E-state index in [0.717, 1.165) is 5.56 Å². The number of ketones is 1. The van der Waals surface area contributed by atoms with Gasteiger partial charge in [0, 0.05) is 11.2 Å². The zero-order chi connectivity index (χ0) is 19.5. The van der Waals surface area contributed by atoms with E-state index in [1.54, 1.807) is 47.2 Å². The van der Waals surface area contributed by atoms with Crippen LogP contribution in [0.2, 0.25) is 5.02 Å². The quantitative estimate of drug-likeness (QED) is 0.291. The monoisotopic (exact) mass is 409 g/mol. The lowest BCUT2D eigenvalue weighted by Crippen LogP contribution is -2.24. The lowest BCUT2D eigenvalue weighted by atomic mass is 10.2. The summed E-state index contributed by atoms with van der Waals surface area (Å²) in [6.45, 7) is 0.354. The van der Waals surface area contributed by atoms with Crippen molar-refractivity contribution in [3.8, 4) is 0 Å². The number of H-pyrrole nitrogens is 1. The van der Waals surface area contributed by atoms with Crippen molar-refractivity contribution in [2.24, 2.45) is 0 Å². The van der Waals surface area contributed by atoms with E-state index in [1.165, 1.54) is 11.8 Å². The van der Waals surface area contributed by atoms with Crippen molar-refractivity contribution in [1.29, 1.82) is 0 Å². The Balaban J connectivity index is 1.71. The Morgan fingerprint density at radius 2 is 1.86 bits per heavy atom. The van der Waals surface area contributed by atoms with E-state index in [4.69, 9.17) is 11.6 Å². The Morgan fingerprint density at radius 3 is 2.61 bits per heavy atom. The maximum absolute atomic E-state index is 13.1. The summed E-state index contributed by atoms with van der Waals surface area (Å²) in [6.07, 6.45) is 1.71. The number of hydrogen-bond acceptors (Lipinski definition) is 4. The molecule has 0 aliphatic heterocycles. The molecule has 2 aromatic heterocycles. The van der Waals surface area contributed by atoms with Crippen LogP contribution in [0.4, 0.5) is 0 Å². The molecule has 28 heavy (non-hydrogen) atoms.